The van der Waals surface area contributed by atoms with E-state index in [4.69, 9.17) is 5.73 Å². The molecule has 0 unspecified atom stereocenters. The lowest BCUT2D eigenvalue weighted by Crippen LogP contribution is -2.22. The van der Waals surface area contributed by atoms with Gasteiger partial charge in [-0.15, -0.1) is 0 Å². The van der Waals surface area contributed by atoms with Crippen molar-refractivity contribution in [3.05, 3.63) is 113 Å². The molecule has 1 aliphatic carbocycles. The van der Waals surface area contributed by atoms with E-state index in [1.54, 1.807) is 35.5 Å². The number of aryl methyl sites for hydroxylation is 3. The average Bonchev–Trinajstić information content (AvgIpc) is 3.02. The number of amides is 2. The first-order chi connectivity index (χ1) is 19.9. The summed E-state index contributed by atoms with van der Waals surface area (Å²) in [6, 6.07) is 25.4. The fourth-order valence-electron chi connectivity index (χ4n) is 5.17. The SMILES string of the molecule is CCc1cccc(C(=O)Nc2ccc(N(CC)CC)cc2-c2cc(C(N)=O)ccn2)c1.c1ccc2c(c1)CCCC2. The standard InChI is InChI=1S/C25H28N4O2.C10H12/c1-4-17-8-7-9-19(14-17)25(31)28-22-11-10-20(29(5-2)6-3)16-21(22)23-15-18(24(26)30)12-13-27-23;1-2-6-10-8-4-3-7-9(10)5-1/h7-16H,4-6H2,1-3H3,(H2,26,30)(H,28,31);1-2,5-6H,3-4,7-8H2. The summed E-state index contributed by atoms with van der Waals surface area (Å²) in [5.41, 5.74) is 13.6. The number of nitrogens with two attached hydrogens (primary N) is 1. The fourth-order valence-corrected chi connectivity index (χ4v) is 5.17. The number of anilines is 2. The summed E-state index contributed by atoms with van der Waals surface area (Å²) in [7, 11) is 0. The van der Waals surface area contributed by atoms with Crippen LogP contribution in [0.1, 0.15) is 71.0 Å². The molecule has 3 aromatic carbocycles. The third-order valence-electron chi connectivity index (χ3n) is 7.56. The third-order valence-corrected chi connectivity index (χ3v) is 7.56. The van der Waals surface area contributed by atoms with Crippen LogP contribution in [0.3, 0.4) is 0 Å². The van der Waals surface area contributed by atoms with E-state index in [2.05, 4.69) is 60.2 Å². The number of hydrogen-bond acceptors (Lipinski definition) is 4. The summed E-state index contributed by atoms with van der Waals surface area (Å²) in [4.78, 5) is 31.3. The highest BCUT2D eigenvalue weighted by atomic mass is 16.2. The Morgan fingerprint density at radius 1 is 0.829 bits per heavy atom. The van der Waals surface area contributed by atoms with Crippen molar-refractivity contribution in [2.45, 2.75) is 52.9 Å². The predicted octanol–water partition coefficient (Wildman–Crippen LogP) is 7.07. The van der Waals surface area contributed by atoms with Crippen molar-refractivity contribution in [1.29, 1.82) is 0 Å². The number of carbonyl (C=O) groups excluding carboxylic acids is 2. The van der Waals surface area contributed by atoms with E-state index in [9.17, 15) is 9.59 Å². The number of fused-ring (bicyclic) bond motifs is 1. The zero-order chi connectivity index (χ0) is 29.2. The summed E-state index contributed by atoms with van der Waals surface area (Å²) in [5.74, 6) is -0.719. The Morgan fingerprint density at radius 3 is 2.17 bits per heavy atom. The Bertz CT molecular complexity index is 1470. The summed E-state index contributed by atoms with van der Waals surface area (Å²) in [5, 5.41) is 3.01. The maximum atomic E-state index is 13.0. The highest BCUT2D eigenvalue weighted by Crippen LogP contribution is 2.32. The van der Waals surface area contributed by atoms with Crippen LogP contribution < -0.4 is 16.0 Å². The molecule has 41 heavy (non-hydrogen) atoms. The normalized spacial score (nSPS) is 12.0. The molecule has 0 saturated heterocycles. The molecule has 0 bridgehead atoms. The molecule has 4 aromatic rings. The molecule has 1 aromatic heterocycles. The quantitative estimate of drug-likeness (QED) is 0.246. The number of nitrogens with one attached hydrogen (secondary N) is 1. The second-order valence-electron chi connectivity index (χ2n) is 10.2. The van der Waals surface area contributed by atoms with Gasteiger partial charge in [0.05, 0.1) is 11.4 Å². The van der Waals surface area contributed by atoms with Crippen molar-refractivity contribution < 1.29 is 9.59 Å². The maximum Gasteiger partial charge on any atom is 0.255 e. The van der Waals surface area contributed by atoms with Gasteiger partial charge in [-0.05, 0) is 105 Å². The molecule has 0 fully saturated rings. The van der Waals surface area contributed by atoms with Crippen LogP contribution in [0.2, 0.25) is 0 Å². The summed E-state index contributed by atoms with van der Waals surface area (Å²) in [6.45, 7) is 7.93. The molecular weight excluding hydrogens is 508 g/mol. The number of carbonyl (C=O) groups is 2. The average molecular weight is 549 g/mol. The van der Waals surface area contributed by atoms with E-state index in [-0.39, 0.29) is 5.91 Å². The molecule has 0 saturated carbocycles. The van der Waals surface area contributed by atoms with Crippen molar-refractivity contribution in [2.75, 3.05) is 23.3 Å². The lowest BCUT2D eigenvalue weighted by Gasteiger charge is -2.23. The molecule has 1 aliphatic rings. The van der Waals surface area contributed by atoms with E-state index in [1.165, 1.54) is 25.7 Å². The minimum Gasteiger partial charge on any atom is -0.372 e. The zero-order valence-corrected chi connectivity index (χ0v) is 24.3. The topological polar surface area (TPSA) is 88.3 Å². The number of rotatable bonds is 8. The number of aromatic nitrogens is 1. The molecular formula is C35H40N4O2. The Labute approximate surface area is 243 Å². The summed E-state index contributed by atoms with van der Waals surface area (Å²) in [6.07, 6.45) is 7.78. The van der Waals surface area contributed by atoms with Gasteiger partial charge in [-0.2, -0.15) is 0 Å². The molecule has 3 N–H and O–H groups in total. The maximum absolute atomic E-state index is 13.0. The van der Waals surface area contributed by atoms with Gasteiger partial charge in [0.1, 0.15) is 0 Å². The predicted molar refractivity (Wildman–Crippen MR) is 169 cm³/mol. The van der Waals surface area contributed by atoms with E-state index in [0.717, 1.165) is 36.3 Å². The molecule has 2 amide bonds. The molecule has 0 radical (unpaired) electrons. The van der Waals surface area contributed by atoms with Gasteiger partial charge in [0.15, 0.2) is 0 Å². The van der Waals surface area contributed by atoms with E-state index in [0.29, 0.717) is 22.5 Å². The number of nitrogens with zero attached hydrogens (tertiary/aromatic N) is 2. The van der Waals surface area contributed by atoms with Gasteiger partial charge in [-0.25, -0.2) is 0 Å². The van der Waals surface area contributed by atoms with Crippen LogP contribution >= 0.6 is 0 Å². The smallest absolute Gasteiger partial charge is 0.255 e. The lowest BCUT2D eigenvalue weighted by atomic mass is 9.92. The van der Waals surface area contributed by atoms with Crippen LogP contribution in [0.5, 0.6) is 0 Å². The van der Waals surface area contributed by atoms with Crippen LogP contribution in [0.15, 0.2) is 85.1 Å². The molecule has 212 valence electrons. The first-order valence-electron chi connectivity index (χ1n) is 14.6. The van der Waals surface area contributed by atoms with Crippen LogP contribution in [-0.4, -0.2) is 29.9 Å². The first-order valence-corrected chi connectivity index (χ1v) is 14.6. The van der Waals surface area contributed by atoms with Crippen LogP contribution in [0.25, 0.3) is 11.3 Å². The second-order valence-corrected chi connectivity index (χ2v) is 10.2. The van der Waals surface area contributed by atoms with Crippen LogP contribution in [0.4, 0.5) is 11.4 Å². The third kappa shape index (κ3) is 7.60. The summed E-state index contributed by atoms with van der Waals surface area (Å²) >= 11 is 0. The molecule has 0 spiro atoms. The van der Waals surface area contributed by atoms with E-state index < -0.39 is 5.91 Å². The van der Waals surface area contributed by atoms with Gasteiger partial charge in [0, 0.05) is 41.7 Å². The zero-order valence-electron chi connectivity index (χ0n) is 24.3. The molecule has 6 heteroatoms. The minimum absolute atomic E-state index is 0.196. The Hall–Kier alpha value is -4.45. The van der Waals surface area contributed by atoms with Gasteiger partial charge in [0.2, 0.25) is 5.91 Å². The highest BCUT2D eigenvalue weighted by Gasteiger charge is 2.15. The lowest BCUT2D eigenvalue weighted by molar-refractivity contribution is 0.0997. The van der Waals surface area contributed by atoms with Gasteiger partial charge >= 0.3 is 0 Å². The largest absolute Gasteiger partial charge is 0.372 e. The van der Waals surface area contributed by atoms with Crippen molar-refractivity contribution in [2.24, 2.45) is 5.73 Å². The highest BCUT2D eigenvalue weighted by molar-refractivity contribution is 6.06. The minimum atomic E-state index is -0.523. The van der Waals surface area contributed by atoms with Gasteiger partial charge in [0.25, 0.3) is 5.91 Å². The number of pyridine rings is 1. The van der Waals surface area contributed by atoms with Crippen molar-refractivity contribution in [1.82, 2.24) is 4.98 Å². The number of primary amides is 1. The second kappa shape index (κ2) is 14.3. The molecule has 0 aliphatic heterocycles. The van der Waals surface area contributed by atoms with Gasteiger partial charge in [-0.3, -0.25) is 14.6 Å². The number of benzene rings is 3. The van der Waals surface area contributed by atoms with Gasteiger partial charge < -0.3 is 16.0 Å². The molecule has 6 nitrogen and oxygen atoms in total. The molecule has 5 rings (SSSR count). The Morgan fingerprint density at radius 2 is 1.54 bits per heavy atom. The first kappa shape index (κ1) is 29.5. The monoisotopic (exact) mass is 548 g/mol. The summed E-state index contributed by atoms with van der Waals surface area (Å²) < 4.78 is 0. The molecule has 0 atom stereocenters. The van der Waals surface area contributed by atoms with E-state index >= 15 is 0 Å². The number of hydrogen-bond donors (Lipinski definition) is 2. The van der Waals surface area contributed by atoms with Crippen molar-refractivity contribution in [3.8, 4) is 11.3 Å². The van der Waals surface area contributed by atoms with Crippen LogP contribution in [0, 0.1) is 0 Å². The van der Waals surface area contributed by atoms with Crippen molar-refractivity contribution in [3.63, 3.8) is 0 Å². The Balaban J connectivity index is 0.000000322. The van der Waals surface area contributed by atoms with Crippen molar-refractivity contribution >= 4 is 23.2 Å². The Kier molecular flexibility index (Phi) is 10.3. The van der Waals surface area contributed by atoms with Gasteiger partial charge in [-0.1, -0.05) is 43.3 Å². The molecule has 1 heterocycles. The van der Waals surface area contributed by atoms with Crippen LogP contribution in [-0.2, 0) is 19.3 Å². The fraction of sp³-hybridized carbons (Fsp3) is 0.286. The van der Waals surface area contributed by atoms with E-state index in [1.807, 2.05) is 36.4 Å².